The minimum atomic E-state index is -1.42. The van der Waals surface area contributed by atoms with Crippen molar-refractivity contribution in [2.75, 3.05) is 33.0 Å². The van der Waals surface area contributed by atoms with Gasteiger partial charge >= 0.3 is 12.2 Å². The topological polar surface area (TPSA) is 148 Å². The lowest BCUT2D eigenvalue weighted by Crippen LogP contribution is -2.70. The minimum absolute atomic E-state index is 0.00737. The number of aliphatic hydroxyl groups is 2. The molecule has 3 aromatic carbocycles. The highest BCUT2D eigenvalue weighted by Crippen LogP contribution is 2.62. The Kier molecular flexibility index (Phi) is 16.2. The van der Waals surface area contributed by atoms with Crippen LogP contribution in [0, 0.1) is 17.8 Å². The van der Waals surface area contributed by atoms with Crippen LogP contribution in [0.25, 0.3) is 0 Å². The fraction of sp³-hybridized carbons (Fsp3) is 0.479. The number of amides is 2. The standard InChI is InChI=1S/C48H61N3O9/c1-4-25-51(47(55)56-6-3)43-31-41(50-58-33-35-19-11-8-12-20-35)39-29-36(21-13-15-26-52)38(22-14-16-27-53)44-40-30-37(59-46(54)49-32-34-17-9-7-10-18-34)23-24-42(40)60-48(43,45(39)44)57-28-5-2/h5,7-12,17-20,23-24,29-30,36,38,43-45,52-53H,2,4,6,13-16,21-22,25-28,31-33H2,1,3H3,(H,49,54). The zero-order valence-corrected chi connectivity index (χ0v) is 35.0. The molecule has 0 radical (unpaired) electrons. The first-order chi connectivity index (χ1) is 29.4. The summed E-state index contributed by atoms with van der Waals surface area (Å²) < 4.78 is 25.9. The number of allylic oxidation sites excluding steroid dienone is 1. The zero-order valence-electron chi connectivity index (χ0n) is 35.0. The van der Waals surface area contributed by atoms with Crippen molar-refractivity contribution in [3.8, 4) is 11.5 Å². The number of nitrogens with zero attached hydrogens (tertiary/aromatic N) is 2. The number of carbonyl (C=O) groups is 2. The van der Waals surface area contributed by atoms with E-state index in [4.69, 9.17) is 28.9 Å². The third-order valence-electron chi connectivity index (χ3n) is 11.7. The monoisotopic (exact) mass is 823 g/mol. The van der Waals surface area contributed by atoms with Crippen molar-refractivity contribution in [2.24, 2.45) is 22.9 Å². The number of hydrogen-bond acceptors (Lipinski definition) is 10. The molecular formula is C48H61N3O9. The van der Waals surface area contributed by atoms with E-state index in [1.54, 1.807) is 24.0 Å². The van der Waals surface area contributed by atoms with Crippen molar-refractivity contribution in [1.82, 2.24) is 10.2 Å². The average molecular weight is 824 g/mol. The summed E-state index contributed by atoms with van der Waals surface area (Å²) in [5.74, 6) is -1.23. The summed E-state index contributed by atoms with van der Waals surface area (Å²) in [6, 6.07) is 24.2. The molecule has 3 aliphatic rings. The van der Waals surface area contributed by atoms with Crippen LogP contribution in [0.2, 0.25) is 0 Å². The highest BCUT2D eigenvalue weighted by atomic mass is 16.7. The maximum Gasteiger partial charge on any atom is 0.412 e. The predicted octanol–water partition coefficient (Wildman–Crippen LogP) is 8.68. The maximum absolute atomic E-state index is 14.0. The van der Waals surface area contributed by atoms with E-state index in [0.29, 0.717) is 49.6 Å². The van der Waals surface area contributed by atoms with Gasteiger partial charge in [-0.3, -0.25) is 4.90 Å². The number of benzene rings is 3. The first-order valence-corrected chi connectivity index (χ1v) is 21.5. The summed E-state index contributed by atoms with van der Waals surface area (Å²) in [4.78, 5) is 35.1. The lowest BCUT2D eigenvalue weighted by atomic mass is 9.55. The van der Waals surface area contributed by atoms with Crippen LogP contribution in [-0.2, 0) is 27.5 Å². The van der Waals surface area contributed by atoms with Gasteiger partial charge in [-0.15, -0.1) is 6.58 Å². The van der Waals surface area contributed by atoms with E-state index in [9.17, 15) is 19.8 Å². The molecule has 2 amide bonds. The Balaban J connectivity index is 1.52. The lowest BCUT2D eigenvalue weighted by Gasteiger charge is -2.59. The zero-order chi connectivity index (χ0) is 42.3. The van der Waals surface area contributed by atoms with Gasteiger partial charge in [-0.05, 0) is 85.8 Å². The van der Waals surface area contributed by atoms with Crippen LogP contribution in [0.15, 0.2) is 108 Å². The number of aliphatic hydroxyl groups excluding tert-OH is 2. The van der Waals surface area contributed by atoms with Gasteiger partial charge in [0.15, 0.2) is 0 Å². The van der Waals surface area contributed by atoms with E-state index in [-0.39, 0.29) is 57.2 Å². The Hall–Kier alpha value is -5.17. The number of rotatable bonds is 21. The summed E-state index contributed by atoms with van der Waals surface area (Å²) >= 11 is 0. The number of oxime groups is 1. The summed E-state index contributed by atoms with van der Waals surface area (Å²) in [5.41, 5.74) is 4.36. The van der Waals surface area contributed by atoms with Gasteiger partial charge in [-0.25, -0.2) is 9.59 Å². The molecule has 6 unspecified atom stereocenters. The third-order valence-corrected chi connectivity index (χ3v) is 11.7. The van der Waals surface area contributed by atoms with Gasteiger partial charge in [-0.1, -0.05) is 97.7 Å². The van der Waals surface area contributed by atoms with Crippen molar-refractivity contribution in [3.63, 3.8) is 0 Å². The molecule has 1 heterocycles. The fourth-order valence-corrected chi connectivity index (χ4v) is 9.21. The second-order valence-electron chi connectivity index (χ2n) is 15.7. The van der Waals surface area contributed by atoms with Crippen LogP contribution < -0.4 is 14.8 Å². The van der Waals surface area contributed by atoms with Gasteiger partial charge in [0.1, 0.15) is 24.1 Å². The van der Waals surface area contributed by atoms with E-state index in [1.807, 2.05) is 79.7 Å². The highest BCUT2D eigenvalue weighted by Gasteiger charge is 2.65. The van der Waals surface area contributed by atoms with Gasteiger partial charge < -0.3 is 39.3 Å². The summed E-state index contributed by atoms with van der Waals surface area (Å²) in [5, 5.41) is 27.5. The minimum Gasteiger partial charge on any atom is -0.459 e. The molecule has 6 rings (SSSR count). The molecule has 12 heteroatoms. The maximum atomic E-state index is 14.0. The summed E-state index contributed by atoms with van der Waals surface area (Å²) in [6.45, 7) is 9.24. The van der Waals surface area contributed by atoms with Crippen molar-refractivity contribution in [3.05, 3.63) is 120 Å². The Morgan fingerprint density at radius 1 is 0.967 bits per heavy atom. The first-order valence-electron chi connectivity index (χ1n) is 21.5. The number of ether oxygens (including phenoxy) is 4. The van der Waals surface area contributed by atoms with Crippen molar-refractivity contribution in [1.29, 1.82) is 0 Å². The first kappa shape index (κ1) is 44.4. The molecule has 0 bridgehead atoms. The predicted molar refractivity (Wildman–Crippen MR) is 230 cm³/mol. The molecule has 0 aromatic heterocycles. The molecule has 0 saturated heterocycles. The second-order valence-corrected chi connectivity index (χ2v) is 15.7. The molecule has 1 aliphatic heterocycles. The summed E-state index contributed by atoms with van der Waals surface area (Å²) in [6.07, 6.45) is 8.29. The van der Waals surface area contributed by atoms with Crippen LogP contribution in [0.5, 0.6) is 11.5 Å². The number of nitrogens with one attached hydrogen (secondary N) is 1. The van der Waals surface area contributed by atoms with Crippen molar-refractivity contribution >= 4 is 17.9 Å². The molecule has 6 atom stereocenters. The fourth-order valence-electron chi connectivity index (χ4n) is 9.21. The number of fused-ring (bicyclic) bond motifs is 2. The third kappa shape index (κ3) is 10.4. The lowest BCUT2D eigenvalue weighted by molar-refractivity contribution is -0.255. The number of unbranched alkanes of at least 4 members (excludes halogenated alkanes) is 2. The molecule has 0 spiro atoms. The molecule has 12 nitrogen and oxygen atoms in total. The van der Waals surface area contributed by atoms with Gasteiger partial charge in [0.05, 0.1) is 24.8 Å². The quantitative estimate of drug-likeness (QED) is 0.0545. The van der Waals surface area contributed by atoms with Crippen molar-refractivity contribution in [2.45, 2.75) is 96.1 Å². The molecule has 3 aromatic rings. The van der Waals surface area contributed by atoms with Crippen LogP contribution in [0.4, 0.5) is 9.59 Å². The summed E-state index contributed by atoms with van der Waals surface area (Å²) in [7, 11) is 0. The van der Waals surface area contributed by atoms with Crippen LogP contribution in [0.1, 0.15) is 87.8 Å². The number of hydrogen-bond donors (Lipinski definition) is 3. The van der Waals surface area contributed by atoms with E-state index in [0.717, 1.165) is 47.9 Å². The van der Waals surface area contributed by atoms with E-state index >= 15 is 0 Å². The Labute approximate surface area is 354 Å². The van der Waals surface area contributed by atoms with Gasteiger partial charge in [-0.2, -0.15) is 0 Å². The van der Waals surface area contributed by atoms with E-state index in [2.05, 4.69) is 18.0 Å². The van der Waals surface area contributed by atoms with Crippen molar-refractivity contribution < 1.29 is 43.6 Å². The molecule has 60 heavy (non-hydrogen) atoms. The second kappa shape index (κ2) is 21.9. The van der Waals surface area contributed by atoms with E-state index in [1.165, 1.54) is 0 Å². The van der Waals surface area contributed by atoms with Crippen LogP contribution >= 0.6 is 0 Å². The van der Waals surface area contributed by atoms with Crippen LogP contribution in [0.3, 0.4) is 0 Å². The normalized spacial score (nSPS) is 23.3. The average Bonchev–Trinajstić information content (AvgIpc) is 3.26. The van der Waals surface area contributed by atoms with Gasteiger partial charge in [0, 0.05) is 44.2 Å². The number of carbonyl (C=O) groups excluding carboxylic acids is 2. The van der Waals surface area contributed by atoms with Crippen LogP contribution in [-0.4, -0.2) is 77.8 Å². The molecule has 1 saturated carbocycles. The molecule has 322 valence electrons. The molecular weight excluding hydrogens is 763 g/mol. The molecule has 1 fully saturated rings. The highest BCUT2D eigenvalue weighted by molar-refractivity contribution is 6.03. The SMILES string of the molecule is C=CCOC12Oc3ccc(OC(=O)NCc4ccccc4)cc3C3C(CCCCO)C(CCCCO)C=C(C(=NOCc4ccccc4)CC1N(CCC)C(=O)OCC)C32. The smallest absolute Gasteiger partial charge is 0.412 e. The van der Waals surface area contributed by atoms with Gasteiger partial charge in [0.25, 0.3) is 0 Å². The Morgan fingerprint density at radius 3 is 2.37 bits per heavy atom. The largest absolute Gasteiger partial charge is 0.459 e. The Bertz CT molecular complexity index is 1920. The molecule has 3 N–H and O–H groups in total. The van der Waals surface area contributed by atoms with E-state index < -0.39 is 29.9 Å². The Morgan fingerprint density at radius 2 is 1.68 bits per heavy atom. The van der Waals surface area contributed by atoms with Gasteiger partial charge in [0.2, 0.25) is 5.79 Å². The molecule has 2 aliphatic carbocycles.